The Kier molecular flexibility index (Phi) is 6.68. The number of ether oxygens (including phenoxy) is 1. The molecule has 0 unspecified atom stereocenters. The minimum atomic E-state index is -0.865. The number of aryl methyl sites for hydroxylation is 1. The molecule has 37 heavy (non-hydrogen) atoms. The molecule has 1 saturated heterocycles. The average molecular weight is 513 g/mol. The van der Waals surface area contributed by atoms with Crippen molar-refractivity contribution in [1.29, 1.82) is 0 Å². The van der Waals surface area contributed by atoms with Crippen LogP contribution >= 0.6 is 0 Å². The molecule has 1 aliphatic rings. The van der Waals surface area contributed by atoms with Gasteiger partial charge >= 0.3 is 0 Å². The Morgan fingerprint density at radius 2 is 1.92 bits per heavy atom. The summed E-state index contributed by atoms with van der Waals surface area (Å²) in [5.74, 6) is -1.69. The van der Waals surface area contributed by atoms with E-state index in [2.05, 4.69) is 30.7 Å². The lowest BCUT2D eigenvalue weighted by molar-refractivity contribution is -0.121. The van der Waals surface area contributed by atoms with E-state index in [0.717, 1.165) is 16.6 Å². The van der Waals surface area contributed by atoms with Crippen LogP contribution in [0.15, 0.2) is 43.0 Å². The SMILES string of the molecule is C[C@@H]1COC[C@@H](C)N1CC(=O)Nc1cnc(F)c(NC(=O)c2cnc3[nH]c(-c4cnn(C)c4)cc3c2)c1.[HH].[HH].[HH]. The molecule has 1 aliphatic heterocycles. The maximum Gasteiger partial charge on any atom is 0.257 e. The van der Waals surface area contributed by atoms with Crippen LogP contribution in [0.2, 0.25) is 0 Å². The molecule has 11 nitrogen and oxygen atoms in total. The summed E-state index contributed by atoms with van der Waals surface area (Å²) >= 11 is 0. The summed E-state index contributed by atoms with van der Waals surface area (Å²) in [7, 11) is 1.83. The fraction of sp³-hybridized carbons (Fsp3) is 0.320. The number of rotatable bonds is 6. The first-order valence-corrected chi connectivity index (χ1v) is 11.8. The van der Waals surface area contributed by atoms with Crippen LogP contribution in [-0.4, -0.2) is 73.3 Å². The molecule has 0 radical (unpaired) electrons. The summed E-state index contributed by atoms with van der Waals surface area (Å²) in [6, 6.07) is 5.07. The Balaban J connectivity index is 0.00000187. The van der Waals surface area contributed by atoms with Crippen LogP contribution in [0.4, 0.5) is 15.8 Å². The van der Waals surface area contributed by atoms with Crippen molar-refractivity contribution in [3.05, 3.63) is 54.5 Å². The first kappa shape index (κ1) is 24.5. The number of morpholine rings is 1. The predicted octanol–water partition coefficient (Wildman–Crippen LogP) is 3.54. The lowest BCUT2D eigenvalue weighted by Crippen LogP contribution is -2.52. The van der Waals surface area contributed by atoms with Crippen molar-refractivity contribution in [1.82, 2.24) is 29.6 Å². The predicted molar refractivity (Wildman–Crippen MR) is 142 cm³/mol. The number of carbonyl (C=O) groups excluding carboxylic acids is 2. The number of hydrogen-bond donors (Lipinski definition) is 3. The van der Waals surface area contributed by atoms with Gasteiger partial charge in [-0.05, 0) is 32.0 Å². The van der Waals surface area contributed by atoms with Crippen LogP contribution in [0.1, 0.15) is 28.5 Å². The number of hydrogen-bond acceptors (Lipinski definition) is 7. The van der Waals surface area contributed by atoms with E-state index in [1.165, 1.54) is 18.5 Å². The zero-order valence-electron chi connectivity index (χ0n) is 20.7. The number of H-pyrrole nitrogens is 1. The minimum absolute atomic E-state index is 0. The quantitative estimate of drug-likeness (QED) is 0.337. The molecule has 5 heterocycles. The number of nitrogens with zero attached hydrogens (tertiary/aromatic N) is 5. The van der Waals surface area contributed by atoms with Crippen molar-refractivity contribution < 1.29 is 23.0 Å². The lowest BCUT2D eigenvalue weighted by Gasteiger charge is -2.38. The summed E-state index contributed by atoms with van der Waals surface area (Å²) in [5.41, 5.74) is 2.67. The van der Waals surface area contributed by atoms with Gasteiger partial charge in [0.1, 0.15) is 5.65 Å². The summed E-state index contributed by atoms with van der Waals surface area (Å²) in [5, 5.41) is 10.1. The van der Waals surface area contributed by atoms with Crippen molar-refractivity contribution >= 4 is 34.2 Å². The second-order valence-electron chi connectivity index (χ2n) is 9.22. The molecule has 198 valence electrons. The number of aromatic nitrogens is 5. The summed E-state index contributed by atoms with van der Waals surface area (Å²) in [6.45, 7) is 5.26. The smallest absolute Gasteiger partial charge is 0.257 e. The molecule has 12 heteroatoms. The molecule has 0 aliphatic carbocycles. The van der Waals surface area contributed by atoms with Gasteiger partial charge in [-0.2, -0.15) is 9.49 Å². The third-order valence-electron chi connectivity index (χ3n) is 6.30. The van der Waals surface area contributed by atoms with Crippen LogP contribution in [-0.2, 0) is 16.6 Å². The van der Waals surface area contributed by atoms with Gasteiger partial charge in [0.05, 0.1) is 54.8 Å². The van der Waals surface area contributed by atoms with E-state index in [-0.39, 0.29) is 45.8 Å². The number of pyridine rings is 2. The van der Waals surface area contributed by atoms with Gasteiger partial charge in [0.25, 0.3) is 5.91 Å². The number of aromatic amines is 1. The highest BCUT2D eigenvalue weighted by atomic mass is 19.1. The van der Waals surface area contributed by atoms with Crippen LogP contribution < -0.4 is 10.6 Å². The Bertz CT molecular complexity index is 1470. The molecular weight excluding hydrogens is 479 g/mol. The molecule has 2 atom stereocenters. The maximum absolute atomic E-state index is 14.4. The minimum Gasteiger partial charge on any atom is -0.378 e. The molecule has 1 fully saturated rings. The van der Waals surface area contributed by atoms with Gasteiger partial charge in [-0.1, -0.05) is 0 Å². The highest BCUT2D eigenvalue weighted by molar-refractivity contribution is 6.06. The van der Waals surface area contributed by atoms with Gasteiger partial charge < -0.3 is 20.4 Å². The van der Waals surface area contributed by atoms with Crippen molar-refractivity contribution in [2.75, 3.05) is 30.4 Å². The lowest BCUT2D eigenvalue weighted by atomic mass is 10.1. The number of fused-ring (bicyclic) bond motifs is 1. The molecule has 0 spiro atoms. The van der Waals surface area contributed by atoms with Gasteiger partial charge in [0.15, 0.2) is 0 Å². The van der Waals surface area contributed by atoms with E-state index in [1.807, 2.05) is 38.1 Å². The maximum atomic E-state index is 14.4. The van der Waals surface area contributed by atoms with Gasteiger partial charge in [-0.15, -0.1) is 0 Å². The van der Waals surface area contributed by atoms with E-state index in [0.29, 0.717) is 18.9 Å². The molecule has 4 aromatic heterocycles. The largest absolute Gasteiger partial charge is 0.378 e. The monoisotopic (exact) mass is 512 g/mol. The highest BCUT2D eigenvalue weighted by Crippen LogP contribution is 2.24. The van der Waals surface area contributed by atoms with Crippen molar-refractivity contribution in [3.63, 3.8) is 0 Å². The zero-order valence-corrected chi connectivity index (χ0v) is 20.7. The summed E-state index contributed by atoms with van der Waals surface area (Å²) < 4.78 is 21.6. The molecular formula is C25H33FN8O3. The number of nitrogens with one attached hydrogen (secondary N) is 3. The highest BCUT2D eigenvalue weighted by Gasteiger charge is 2.27. The van der Waals surface area contributed by atoms with E-state index in [9.17, 15) is 14.0 Å². The van der Waals surface area contributed by atoms with E-state index in [4.69, 9.17) is 4.74 Å². The summed E-state index contributed by atoms with van der Waals surface area (Å²) in [6.07, 6.45) is 6.20. The van der Waals surface area contributed by atoms with Crippen LogP contribution in [0, 0.1) is 5.95 Å². The number of carbonyl (C=O) groups is 2. The normalized spacial score (nSPS) is 18.2. The number of anilines is 2. The van der Waals surface area contributed by atoms with Crippen LogP contribution in [0.5, 0.6) is 0 Å². The number of amides is 2. The second-order valence-corrected chi connectivity index (χ2v) is 9.22. The Morgan fingerprint density at radius 1 is 1.14 bits per heavy atom. The third-order valence-corrected chi connectivity index (χ3v) is 6.30. The van der Waals surface area contributed by atoms with Crippen molar-refractivity contribution in [2.45, 2.75) is 25.9 Å². The Labute approximate surface area is 216 Å². The second kappa shape index (κ2) is 10.1. The van der Waals surface area contributed by atoms with Crippen molar-refractivity contribution in [2.24, 2.45) is 7.05 Å². The molecule has 0 bridgehead atoms. The molecule has 5 rings (SSSR count). The molecule has 2 amide bonds. The van der Waals surface area contributed by atoms with Crippen molar-refractivity contribution in [3.8, 4) is 11.3 Å². The van der Waals surface area contributed by atoms with E-state index < -0.39 is 11.9 Å². The fourth-order valence-corrected chi connectivity index (χ4v) is 4.37. The van der Waals surface area contributed by atoms with Gasteiger partial charge in [0, 0.05) is 46.8 Å². The van der Waals surface area contributed by atoms with Crippen LogP contribution in [0.25, 0.3) is 22.3 Å². The van der Waals surface area contributed by atoms with E-state index in [1.54, 1.807) is 16.9 Å². The van der Waals surface area contributed by atoms with Crippen LogP contribution in [0.3, 0.4) is 0 Å². The molecule has 0 saturated carbocycles. The molecule has 3 N–H and O–H groups in total. The molecule has 4 aromatic rings. The molecule has 0 aromatic carbocycles. The van der Waals surface area contributed by atoms with Gasteiger partial charge in [-0.25, -0.2) is 9.97 Å². The first-order chi connectivity index (χ1) is 17.8. The Morgan fingerprint density at radius 3 is 2.65 bits per heavy atom. The van der Waals surface area contributed by atoms with Gasteiger partial charge in [-0.3, -0.25) is 19.2 Å². The van der Waals surface area contributed by atoms with E-state index >= 15 is 0 Å². The Hall–Kier alpha value is -4.16. The standard InChI is InChI=1S/C25H27FN8O3.3H2/c1-14-12-37-13-15(2)34(14)11-22(35)30-19-6-21(23(26)27-9-19)32-25(36)17-4-16-5-20(31-24(16)28-7-17)18-8-29-33(3)10-18;;;/h4-10,14-15H,11-13H2,1-3H3,(H,28,31)(H,30,35)(H,32,36);3*1H/t14-,15-;;;/m1.../s1. The average Bonchev–Trinajstić information content (AvgIpc) is 3.49. The first-order valence-electron chi connectivity index (χ1n) is 11.8. The fourth-order valence-electron chi connectivity index (χ4n) is 4.37. The summed E-state index contributed by atoms with van der Waals surface area (Å²) in [4.78, 5) is 38.8. The third kappa shape index (κ3) is 5.34. The van der Waals surface area contributed by atoms with Gasteiger partial charge in [0.2, 0.25) is 11.9 Å². The number of halogens is 1. The zero-order chi connectivity index (χ0) is 26.1. The topological polar surface area (TPSA) is 130 Å².